The fourth-order valence-electron chi connectivity index (χ4n) is 1.35. The summed E-state index contributed by atoms with van der Waals surface area (Å²) in [5, 5.41) is 11.9. The smallest absolute Gasteiger partial charge is 0.320 e. The summed E-state index contributed by atoms with van der Waals surface area (Å²) in [5.74, 6) is -0.692. The van der Waals surface area contributed by atoms with Crippen LogP contribution in [0.1, 0.15) is 11.6 Å². The molecule has 1 aromatic carbocycles. The molecule has 0 aromatic heterocycles. The Morgan fingerprint density at radius 2 is 1.87 bits per heavy atom. The summed E-state index contributed by atoms with van der Waals surface area (Å²) in [6.45, 7) is 0. The molecule has 1 fully saturated rings. The van der Waals surface area contributed by atoms with Crippen LogP contribution < -0.4 is 5.32 Å². The zero-order valence-corrected chi connectivity index (χ0v) is 8.23. The topological polar surface area (TPSA) is 69.6 Å². The highest BCUT2D eigenvalue weighted by Crippen LogP contribution is 2.21. The molecule has 5 nitrogen and oxygen atoms in total. The number of hydrogen-bond donors (Lipinski definition) is 2. The Balaban J connectivity index is 2.29. The first kappa shape index (κ1) is 9.95. The molecular formula is C9H7ClN2O3. The standard InChI is InChI=1S/C9H7ClN2O3/c10-6-3-1-5(2-4-6)7-8(13)12(15)9(14)11-7/h1-4,7,15H,(H,11,14)/t7-/m1/s1. The Bertz CT molecular complexity index is 418. The number of hydrogen-bond acceptors (Lipinski definition) is 3. The van der Waals surface area contributed by atoms with Gasteiger partial charge in [-0.15, -0.1) is 5.06 Å². The van der Waals surface area contributed by atoms with E-state index in [0.717, 1.165) is 0 Å². The Labute approximate surface area is 90.2 Å². The van der Waals surface area contributed by atoms with Crippen LogP contribution in [0.15, 0.2) is 24.3 Å². The molecule has 2 rings (SSSR count). The molecule has 3 amide bonds. The highest BCUT2D eigenvalue weighted by molar-refractivity contribution is 6.30. The first-order valence-electron chi connectivity index (χ1n) is 4.18. The Kier molecular flexibility index (Phi) is 2.34. The van der Waals surface area contributed by atoms with Crippen molar-refractivity contribution in [3.8, 4) is 0 Å². The molecule has 0 unspecified atom stereocenters. The Morgan fingerprint density at radius 3 is 2.33 bits per heavy atom. The van der Waals surface area contributed by atoms with Crippen LogP contribution in [0.2, 0.25) is 5.02 Å². The number of carbonyl (C=O) groups excluding carboxylic acids is 2. The van der Waals surface area contributed by atoms with Gasteiger partial charge in [0.25, 0.3) is 5.91 Å². The SMILES string of the molecule is O=C1N[C@H](c2ccc(Cl)cc2)C(=O)N1O. The number of urea groups is 1. The van der Waals surface area contributed by atoms with Gasteiger partial charge in [0, 0.05) is 5.02 Å². The molecule has 0 aliphatic carbocycles. The van der Waals surface area contributed by atoms with Crippen LogP contribution in [-0.4, -0.2) is 22.2 Å². The van der Waals surface area contributed by atoms with Gasteiger partial charge < -0.3 is 5.32 Å². The summed E-state index contributed by atoms with van der Waals surface area (Å²) in [6, 6.07) is 4.79. The third kappa shape index (κ3) is 1.67. The number of amides is 3. The molecule has 2 N–H and O–H groups in total. The van der Waals surface area contributed by atoms with Crippen LogP contribution >= 0.6 is 11.6 Å². The quantitative estimate of drug-likeness (QED) is 0.561. The molecule has 1 saturated heterocycles. The fraction of sp³-hybridized carbons (Fsp3) is 0.111. The van der Waals surface area contributed by atoms with Crippen molar-refractivity contribution in [3.05, 3.63) is 34.9 Å². The predicted octanol–water partition coefficient (Wildman–Crippen LogP) is 1.32. The molecule has 0 saturated carbocycles. The molecule has 78 valence electrons. The number of nitrogens with one attached hydrogen (secondary N) is 1. The van der Waals surface area contributed by atoms with Crippen LogP contribution in [0, 0.1) is 0 Å². The van der Waals surface area contributed by atoms with Crippen LogP contribution in [0.25, 0.3) is 0 Å². The predicted molar refractivity (Wildman–Crippen MR) is 51.4 cm³/mol. The number of carbonyl (C=O) groups is 2. The van der Waals surface area contributed by atoms with Crippen LogP contribution in [0.3, 0.4) is 0 Å². The average Bonchev–Trinajstić information content (AvgIpc) is 2.47. The van der Waals surface area contributed by atoms with Crippen molar-refractivity contribution in [2.45, 2.75) is 6.04 Å². The lowest BCUT2D eigenvalue weighted by Gasteiger charge is -2.06. The van der Waals surface area contributed by atoms with Gasteiger partial charge in [-0.3, -0.25) is 10.0 Å². The molecule has 0 spiro atoms. The summed E-state index contributed by atoms with van der Waals surface area (Å²) in [7, 11) is 0. The largest absolute Gasteiger partial charge is 0.349 e. The van der Waals surface area contributed by atoms with E-state index in [4.69, 9.17) is 16.8 Å². The Hall–Kier alpha value is -1.59. The van der Waals surface area contributed by atoms with Gasteiger partial charge in [0.05, 0.1) is 0 Å². The minimum absolute atomic E-state index is 0.0687. The number of halogens is 1. The molecular weight excluding hydrogens is 220 g/mol. The van der Waals surface area contributed by atoms with E-state index in [9.17, 15) is 9.59 Å². The van der Waals surface area contributed by atoms with E-state index in [1.165, 1.54) is 0 Å². The lowest BCUT2D eigenvalue weighted by molar-refractivity contribution is -0.149. The van der Waals surface area contributed by atoms with E-state index in [-0.39, 0.29) is 5.06 Å². The summed E-state index contributed by atoms with van der Waals surface area (Å²) in [6.07, 6.45) is 0. The van der Waals surface area contributed by atoms with E-state index in [2.05, 4.69) is 5.32 Å². The van der Waals surface area contributed by atoms with Crippen LogP contribution in [0.4, 0.5) is 4.79 Å². The minimum Gasteiger partial charge on any atom is -0.320 e. The van der Waals surface area contributed by atoms with Crippen molar-refractivity contribution in [1.82, 2.24) is 10.4 Å². The summed E-state index contributed by atoms with van der Waals surface area (Å²) in [4.78, 5) is 22.3. The lowest BCUT2D eigenvalue weighted by atomic mass is 10.1. The molecule has 15 heavy (non-hydrogen) atoms. The molecule has 1 aliphatic heterocycles. The maximum absolute atomic E-state index is 11.4. The first-order valence-corrected chi connectivity index (χ1v) is 4.56. The maximum Gasteiger partial charge on any atom is 0.349 e. The molecule has 0 radical (unpaired) electrons. The van der Waals surface area contributed by atoms with E-state index < -0.39 is 18.0 Å². The molecule has 6 heteroatoms. The second-order valence-electron chi connectivity index (χ2n) is 3.08. The molecule has 1 aromatic rings. The van der Waals surface area contributed by atoms with Gasteiger partial charge >= 0.3 is 6.03 Å². The second-order valence-corrected chi connectivity index (χ2v) is 3.52. The summed E-state index contributed by atoms with van der Waals surface area (Å²) >= 11 is 5.68. The highest BCUT2D eigenvalue weighted by atomic mass is 35.5. The van der Waals surface area contributed by atoms with Crippen molar-refractivity contribution in [2.24, 2.45) is 0 Å². The number of nitrogens with zero attached hydrogens (tertiary/aromatic N) is 1. The van der Waals surface area contributed by atoms with Gasteiger partial charge in [0.1, 0.15) is 6.04 Å². The van der Waals surface area contributed by atoms with Crippen LogP contribution in [-0.2, 0) is 4.79 Å². The van der Waals surface area contributed by atoms with Gasteiger partial charge in [-0.2, -0.15) is 0 Å². The third-order valence-corrected chi connectivity index (χ3v) is 2.37. The Morgan fingerprint density at radius 1 is 1.27 bits per heavy atom. The van der Waals surface area contributed by atoms with Crippen molar-refractivity contribution in [2.75, 3.05) is 0 Å². The number of rotatable bonds is 1. The van der Waals surface area contributed by atoms with Crippen molar-refractivity contribution in [1.29, 1.82) is 0 Å². The molecule has 0 bridgehead atoms. The lowest BCUT2D eigenvalue weighted by Crippen LogP contribution is -2.26. The van der Waals surface area contributed by atoms with Gasteiger partial charge in [-0.05, 0) is 17.7 Å². The van der Waals surface area contributed by atoms with Crippen molar-refractivity contribution >= 4 is 23.5 Å². The van der Waals surface area contributed by atoms with Crippen molar-refractivity contribution < 1.29 is 14.8 Å². The normalized spacial score (nSPS) is 20.7. The highest BCUT2D eigenvalue weighted by Gasteiger charge is 2.38. The maximum atomic E-state index is 11.4. The molecule has 1 atom stereocenters. The van der Waals surface area contributed by atoms with Crippen LogP contribution in [0.5, 0.6) is 0 Å². The van der Waals surface area contributed by atoms with Crippen molar-refractivity contribution in [3.63, 3.8) is 0 Å². The van der Waals surface area contributed by atoms with Gasteiger partial charge in [-0.25, -0.2) is 4.79 Å². The monoisotopic (exact) mass is 226 g/mol. The van der Waals surface area contributed by atoms with E-state index in [1.54, 1.807) is 24.3 Å². The average molecular weight is 227 g/mol. The van der Waals surface area contributed by atoms with Gasteiger partial charge in [0.15, 0.2) is 0 Å². The van der Waals surface area contributed by atoms with E-state index in [0.29, 0.717) is 10.6 Å². The van der Waals surface area contributed by atoms with Gasteiger partial charge in [0.2, 0.25) is 0 Å². The zero-order chi connectivity index (χ0) is 11.0. The first-order chi connectivity index (χ1) is 7.09. The molecule has 1 aliphatic rings. The second kappa shape index (κ2) is 3.52. The van der Waals surface area contributed by atoms with Gasteiger partial charge in [-0.1, -0.05) is 23.7 Å². The summed E-state index contributed by atoms with van der Waals surface area (Å²) < 4.78 is 0. The number of imide groups is 1. The zero-order valence-electron chi connectivity index (χ0n) is 7.48. The minimum atomic E-state index is -0.834. The molecule has 1 heterocycles. The number of benzene rings is 1. The third-order valence-electron chi connectivity index (χ3n) is 2.12. The fourth-order valence-corrected chi connectivity index (χ4v) is 1.48. The summed E-state index contributed by atoms with van der Waals surface area (Å²) in [5.41, 5.74) is 0.578. The number of hydroxylamine groups is 2. The van der Waals surface area contributed by atoms with E-state index >= 15 is 0 Å². The van der Waals surface area contributed by atoms with E-state index in [1.807, 2.05) is 0 Å².